The second-order valence-electron chi connectivity index (χ2n) is 8.05. The molecule has 1 fully saturated rings. The number of likely N-dealkylation sites (tertiary alicyclic amines) is 1. The summed E-state index contributed by atoms with van der Waals surface area (Å²) in [5.74, 6) is -1.64. The topological polar surface area (TPSA) is 70.1 Å². The summed E-state index contributed by atoms with van der Waals surface area (Å²) in [5.41, 5.74) is 0.902. The van der Waals surface area contributed by atoms with Gasteiger partial charge in [-0.05, 0) is 68.0 Å². The fourth-order valence-corrected chi connectivity index (χ4v) is 4.15. The first kappa shape index (κ1) is 25.2. The number of aliphatic hydroxyl groups excluding tert-OH is 1. The number of nitrogens with zero attached hydrogens (tertiary/aromatic N) is 2. The molecule has 1 amide bonds. The highest BCUT2D eigenvalue weighted by molar-refractivity contribution is 6.46. The molecule has 1 aliphatic rings. The highest BCUT2D eigenvalue weighted by atomic mass is 19.1. The van der Waals surface area contributed by atoms with E-state index in [0.29, 0.717) is 30.9 Å². The molecule has 0 aliphatic carbocycles. The van der Waals surface area contributed by atoms with Crippen LogP contribution in [0.3, 0.4) is 0 Å². The Bertz CT molecular complexity index is 1060. The number of benzene rings is 2. The fraction of sp³-hybridized carbons (Fsp3) is 0.333. The number of rotatable bonds is 11. The maximum Gasteiger partial charge on any atom is 0.295 e. The SMILES string of the molecule is C=CCOc1cccc([C@@H]2/C(=C(\O)c3ccc(F)cc3)C(=O)C(=O)N2CCCN(CC)CC)c1. The number of ketones is 1. The first-order valence-corrected chi connectivity index (χ1v) is 11.5. The van der Waals surface area contributed by atoms with Gasteiger partial charge in [0.1, 0.15) is 23.9 Å². The third-order valence-electron chi connectivity index (χ3n) is 5.97. The molecule has 0 unspecified atom stereocenters. The maximum absolute atomic E-state index is 13.4. The summed E-state index contributed by atoms with van der Waals surface area (Å²) in [6.45, 7) is 11.0. The van der Waals surface area contributed by atoms with Gasteiger partial charge >= 0.3 is 0 Å². The Labute approximate surface area is 199 Å². The van der Waals surface area contributed by atoms with Gasteiger partial charge < -0.3 is 19.6 Å². The molecule has 6 nitrogen and oxygen atoms in total. The van der Waals surface area contributed by atoms with Crippen molar-refractivity contribution in [2.75, 3.05) is 32.8 Å². The van der Waals surface area contributed by atoms with Crippen molar-refractivity contribution in [3.63, 3.8) is 0 Å². The Morgan fingerprint density at radius 1 is 1.18 bits per heavy atom. The molecule has 3 rings (SSSR count). The van der Waals surface area contributed by atoms with Gasteiger partial charge in [0, 0.05) is 12.1 Å². The highest BCUT2D eigenvalue weighted by Crippen LogP contribution is 2.40. The fourth-order valence-electron chi connectivity index (χ4n) is 4.15. The quantitative estimate of drug-likeness (QED) is 0.228. The molecule has 1 N–H and O–H groups in total. The molecule has 1 atom stereocenters. The Balaban J connectivity index is 2.04. The van der Waals surface area contributed by atoms with Gasteiger partial charge in [-0.3, -0.25) is 9.59 Å². The maximum atomic E-state index is 13.4. The number of ether oxygens (including phenoxy) is 1. The van der Waals surface area contributed by atoms with Crippen LogP contribution >= 0.6 is 0 Å². The van der Waals surface area contributed by atoms with Crippen molar-refractivity contribution >= 4 is 17.4 Å². The van der Waals surface area contributed by atoms with Crippen LogP contribution in [-0.4, -0.2) is 59.4 Å². The van der Waals surface area contributed by atoms with Crippen molar-refractivity contribution in [1.82, 2.24) is 9.80 Å². The third-order valence-corrected chi connectivity index (χ3v) is 5.97. The molecule has 2 aromatic carbocycles. The monoisotopic (exact) mass is 466 g/mol. The molecular formula is C27H31FN2O4. The van der Waals surface area contributed by atoms with Crippen molar-refractivity contribution in [2.24, 2.45) is 0 Å². The normalized spacial score (nSPS) is 17.4. The lowest BCUT2D eigenvalue weighted by Crippen LogP contribution is -2.33. The van der Waals surface area contributed by atoms with E-state index in [1.165, 1.54) is 29.2 Å². The Morgan fingerprint density at radius 2 is 1.88 bits per heavy atom. The number of hydrogen-bond donors (Lipinski definition) is 1. The molecule has 34 heavy (non-hydrogen) atoms. The summed E-state index contributed by atoms with van der Waals surface area (Å²) in [5, 5.41) is 11.1. The van der Waals surface area contributed by atoms with E-state index < -0.39 is 23.5 Å². The van der Waals surface area contributed by atoms with Crippen LogP contribution in [0, 0.1) is 5.82 Å². The Hall–Kier alpha value is -3.45. The van der Waals surface area contributed by atoms with Gasteiger partial charge in [-0.2, -0.15) is 0 Å². The highest BCUT2D eigenvalue weighted by Gasteiger charge is 2.45. The standard InChI is InChI=1S/C27H31FN2O4/c1-4-17-34-22-10-7-9-20(18-22)24-23(25(31)19-11-13-21(28)14-12-19)26(32)27(33)30(24)16-8-15-29(5-2)6-3/h4,7,9-14,18,24,31H,1,5-6,8,15-17H2,2-3H3/b25-23+/t24-/m1/s1. The number of carbonyl (C=O) groups is 2. The van der Waals surface area contributed by atoms with E-state index in [2.05, 4.69) is 25.3 Å². The Morgan fingerprint density at radius 3 is 2.53 bits per heavy atom. The molecule has 0 radical (unpaired) electrons. The molecule has 7 heteroatoms. The van der Waals surface area contributed by atoms with Gasteiger partial charge in [-0.25, -0.2) is 4.39 Å². The second kappa shape index (κ2) is 11.6. The van der Waals surface area contributed by atoms with Crippen molar-refractivity contribution < 1.29 is 23.8 Å². The van der Waals surface area contributed by atoms with Gasteiger partial charge in [-0.15, -0.1) is 0 Å². The molecule has 0 saturated carbocycles. The van der Waals surface area contributed by atoms with Gasteiger partial charge in [0.15, 0.2) is 0 Å². The number of carbonyl (C=O) groups excluding carboxylic acids is 2. The molecule has 1 aliphatic heterocycles. The average molecular weight is 467 g/mol. The lowest BCUT2D eigenvalue weighted by atomic mass is 9.95. The van der Waals surface area contributed by atoms with Gasteiger partial charge in [0.2, 0.25) is 0 Å². The van der Waals surface area contributed by atoms with Crippen LogP contribution in [0.1, 0.15) is 37.4 Å². The molecule has 0 aromatic heterocycles. The lowest BCUT2D eigenvalue weighted by molar-refractivity contribution is -0.140. The van der Waals surface area contributed by atoms with E-state index in [1.54, 1.807) is 30.3 Å². The smallest absolute Gasteiger partial charge is 0.295 e. The molecule has 1 heterocycles. The zero-order valence-corrected chi connectivity index (χ0v) is 19.7. The average Bonchev–Trinajstić information content (AvgIpc) is 3.10. The van der Waals surface area contributed by atoms with E-state index in [0.717, 1.165) is 19.6 Å². The second-order valence-corrected chi connectivity index (χ2v) is 8.05. The number of halogens is 1. The van der Waals surface area contributed by atoms with E-state index in [-0.39, 0.29) is 16.9 Å². The van der Waals surface area contributed by atoms with Gasteiger partial charge in [-0.1, -0.05) is 38.6 Å². The van der Waals surface area contributed by atoms with Crippen LogP contribution < -0.4 is 4.74 Å². The summed E-state index contributed by atoms with van der Waals surface area (Å²) in [6.07, 6.45) is 2.30. The first-order chi connectivity index (χ1) is 16.4. The van der Waals surface area contributed by atoms with Gasteiger partial charge in [0.25, 0.3) is 11.7 Å². The van der Waals surface area contributed by atoms with Crippen LogP contribution in [0.15, 0.2) is 66.8 Å². The number of hydrogen-bond acceptors (Lipinski definition) is 5. The van der Waals surface area contributed by atoms with Crippen LogP contribution in [-0.2, 0) is 9.59 Å². The number of amides is 1. The van der Waals surface area contributed by atoms with Crippen LogP contribution in [0.25, 0.3) is 5.76 Å². The zero-order valence-electron chi connectivity index (χ0n) is 19.7. The van der Waals surface area contributed by atoms with E-state index in [9.17, 15) is 19.1 Å². The van der Waals surface area contributed by atoms with Crippen molar-refractivity contribution in [3.05, 3.63) is 83.7 Å². The number of aliphatic hydroxyl groups is 1. The molecule has 180 valence electrons. The van der Waals surface area contributed by atoms with E-state index >= 15 is 0 Å². The number of Topliss-reactive ketones (excluding diaryl/α,β-unsaturated/α-hetero) is 1. The minimum atomic E-state index is -0.783. The summed E-state index contributed by atoms with van der Waals surface area (Å²) >= 11 is 0. The van der Waals surface area contributed by atoms with Gasteiger partial charge in [0.05, 0.1) is 11.6 Å². The van der Waals surface area contributed by atoms with E-state index in [1.807, 2.05) is 0 Å². The minimum absolute atomic E-state index is 0.0136. The largest absolute Gasteiger partial charge is 0.507 e. The molecule has 2 aromatic rings. The Kier molecular flexibility index (Phi) is 8.60. The van der Waals surface area contributed by atoms with Crippen LogP contribution in [0.2, 0.25) is 0 Å². The van der Waals surface area contributed by atoms with Crippen molar-refractivity contribution in [2.45, 2.75) is 26.3 Å². The molecule has 0 bridgehead atoms. The third kappa shape index (κ3) is 5.54. The predicted molar refractivity (Wildman–Crippen MR) is 130 cm³/mol. The minimum Gasteiger partial charge on any atom is -0.507 e. The summed E-state index contributed by atoms with van der Waals surface area (Å²) in [7, 11) is 0. The predicted octanol–water partition coefficient (Wildman–Crippen LogP) is 4.54. The first-order valence-electron chi connectivity index (χ1n) is 11.5. The summed E-state index contributed by atoms with van der Waals surface area (Å²) in [6, 6.07) is 11.5. The zero-order chi connectivity index (χ0) is 24.7. The van der Waals surface area contributed by atoms with Crippen LogP contribution in [0.4, 0.5) is 4.39 Å². The van der Waals surface area contributed by atoms with Crippen molar-refractivity contribution in [1.29, 1.82) is 0 Å². The lowest BCUT2D eigenvalue weighted by Gasteiger charge is -2.27. The molecular weight excluding hydrogens is 435 g/mol. The summed E-state index contributed by atoms with van der Waals surface area (Å²) < 4.78 is 19.1. The van der Waals surface area contributed by atoms with Crippen LogP contribution in [0.5, 0.6) is 5.75 Å². The van der Waals surface area contributed by atoms with E-state index in [4.69, 9.17) is 4.74 Å². The van der Waals surface area contributed by atoms with Crippen molar-refractivity contribution in [3.8, 4) is 5.75 Å². The molecule has 1 saturated heterocycles. The summed E-state index contributed by atoms with van der Waals surface area (Å²) in [4.78, 5) is 29.9. The molecule has 0 spiro atoms.